The average Bonchev–Trinajstić information content (AvgIpc) is 2.75. The van der Waals surface area contributed by atoms with Gasteiger partial charge in [0.2, 0.25) is 15.8 Å². The van der Waals surface area contributed by atoms with Crippen LogP contribution in [0.2, 0.25) is 5.02 Å². The quantitative estimate of drug-likeness (QED) is 0.641. The van der Waals surface area contributed by atoms with E-state index in [0.717, 1.165) is 29.9 Å². The van der Waals surface area contributed by atoms with E-state index in [4.69, 9.17) is 17.3 Å². The number of nitrogens with two attached hydrogens (primary N) is 1. The molecule has 1 saturated heterocycles. The molecule has 162 valence electrons. The van der Waals surface area contributed by atoms with Crippen molar-refractivity contribution in [2.24, 2.45) is 0 Å². The number of aromatic nitrogens is 2. The first-order chi connectivity index (χ1) is 14.8. The third-order valence-electron chi connectivity index (χ3n) is 5.58. The van der Waals surface area contributed by atoms with Gasteiger partial charge in [0.15, 0.2) is 0 Å². The van der Waals surface area contributed by atoms with Crippen LogP contribution in [-0.2, 0) is 9.84 Å². The Morgan fingerprint density at radius 3 is 2.32 bits per heavy atom. The number of nitrogen functional groups attached to an aromatic ring is 1. The molecular weight excluding hydrogens is 434 g/mol. The Labute approximate surface area is 187 Å². The van der Waals surface area contributed by atoms with Crippen molar-refractivity contribution in [2.45, 2.75) is 23.6 Å². The van der Waals surface area contributed by atoms with Gasteiger partial charge in [-0.3, -0.25) is 0 Å². The highest BCUT2D eigenvalue weighted by molar-refractivity contribution is 7.91. The summed E-state index contributed by atoms with van der Waals surface area (Å²) in [5.74, 6) is 0.391. The number of benzene rings is 2. The van der Waals surface area contributed by atoms with Crippen molar-refractivity contribution < 1.29 is 8.42 Å². The van der Waals surface area contributed by atoms with E-state index in [1.165, 1.54) is 6.20 Å². The number of halogens is 1. The van der Waals surface area contributed by atoms with E-state index in [-0.39, 0.29) is 15.6 Å². The molecule has 31 heavy (non-hydrogen) atoms. The minimum absolute atomic E-state index is 0.0412. The summed E-state index contributed by atoms with van der Waals surface area (Å²) in [6, 6.07) is 12.8. The van der Waals surface area contributed by atoms with E-state index in [0.29, 0.717) is 24.1 Å². The molecule has 1 aliphatic rings. The smallest absolute Gasteiger partial charge is 0.227 e. The predicted octanol–water partition coefficient (Wildman–Crippen LogP) is 3.49. The molecule has 0 bridgehead atoms. The van der Waals surface area contributed by atoms with Crippen LogP contribution < -0.4 is 15.5 Å². The molecule has 7 nitrogen and oxygen atoms in total. The molecule has 4 rings (SSSR count). The third-order valence-corrected chi connectivity index (χ3v) is 7.59. The summed E-state index contributed by atoms with van der Waals surface area (Å²) in [6.07, 6.45) is 1.31. The number of piperazine rings is 1. The van der Waals surface area contributed by atoms with Gasteiger partial charge in [-0.1, -0.05) is 23.7 Å². The Kier molecular flexibility index (Phi) is 5.77. The molecular formula is C22H24ClN5O2S. The van der Waals surface area contributed by atoms with Crippen LogP contribution >= 0.6 is 11.6 Å². The fourth-order valence-electron chi connectivity index (χ4n) is 3.58. The maximum atomic E-state index is 13.0. The van der Waals surface area contributed by atoms with E-state index in [9.17, 15) is 8.42 Å². The molecule has 2 heterocycles. The highest BCUT2D eigenvalue weighted by Crippen LogP contribution is 2.28. The van der Waals surface area contributed by atoms with E-state index in [1.54, 1.807) is 18.2 Å². The number of hydrogen-bond acceptors (Lipinski definition) is 7. The van der Waals surface area contributed by atoms with Crippen LogP contribution in [0.4, 0.5) is 17.5 Å². The molecule has 1 aromatic heterocycles. The molecule has 1 aliphatic heterocycles. The van der Waals surface area contributed by atoms with Gasteiger partial charge in [0.1, 0.15) is 10.7 Å². The van der Waals surface area contributed by atoms with E-state index >= 15 is 0 Å². The Balaban J connectivity index is 1.52. The van der Waals surface area contributed by atoms with E-state index in [2.05, 4.69) is 14.9 Å². The highest BCUT2D eigenvalue weighted by atomic mass is 35.5. The lowest BCUT2D eigenvalue weighted by Gasteiger charge is -2.36. The average molecular weight is 458 g/mol. The van der Waals surface area contributed by atoms with Crippen molar-refractivity contribution in [3.8, 4) is 0 Å². The molecule has 2 N–H and O–H groups in total. The molecule has 0 aliphatic carbocycles. The van der Waals surface area contributed by atoms with Crippen molar-refractivity contribution in [1.29, 1.82) is 0 Å². The fraction of sp³-hybridized carbons (Fsp3) is 0.273. The molecule has 0 spiro atoms. The lowest BCUT2D eigenvalue weighted by Crippen LogP contribution is -2.47. The second kappa shape index (κ2) is 8.36. The van der Waals surface area contributed by atoms with Gasteiger partial charge in [-0.05, 0) is 55.3 Å². The van der Waals surface area contributed by atoms with Gasteiger partial charge in [0.05, 0.1) is 11.1 Å². The molecule has 1 fully saturated rings. The van der Waals surface area contributed by atoms with Crippen LogP contribution in [0.25, 0.3) is 0 Å². The Hall–Kier alpha value is -2.84. The first kappa shape index (κ1) is 21.4. The largest absolute Gasteiger partial charge is 0.382 e. The maximum Gasteiger partial charge on any atom is 0.227 e. The summed E-state index contributed by atoms with van der Waals surface area (Å²) in [6.45, 7) is 6.73. The maximum absolute atomic E-state index is 13.0. The van der Waals surface area contributed by atoms with Gasteiger partial charge >= 0.3 is 0 Å². The first-order valence-corrected chi connectivity index (χ1v) is 11.8. The minimum Gasteiger partial charge on any atom is -0.382 e. The number of rotatable bonds is 4. The SMILES string of the molecule is Cc1ccc(S(=O)(=O)c2cnc(N3CCN(c4cccc(Cl)c4)CC3)nc2N)cc1C. The van der Waals surface area contributed by atoms with Crippen LogP contribution in [0.5, 0.6) is 0 Å². The van der Waals surface area contributed by atoms with Crippen molar-refractivity contribution >= 4 is 38.9 Å². The number of anilines is 3. The van der Waals surface area contributed by atoms with Crippen molar-refractivity contribution in [1.82, 2.24) is 9.97 Å². The summed E-state index contributed by atoms with van der Waals surface area (Å²) in [7, 11) is -3.79. The normalized spacial score (nSPS) is 14.7. The van der Waals surface area contributed by atoms with Gasteiger partial charge in [0, 0.05) is 36.9 Å². The molecule has 0 amide bonds. The van der Waals surface area contributed by atoms with Crippen LogP contribution in [-0.4, -0.2) is 44.6 Å². The lowest BCUT2D eigenvalue weighted by atomic mass is 10.1. The summed E-state index contributed by atoms with van der Waals surface area (Å²) < 4.78 is 26.1. The Bertz CT molecular complexity index is 1220. The zero-order valence-electron chi connectivity index (χ0n) is 17.4. The highest BCUT2D eigenvalue weighted by Gasteiger charge is 2.25. The second-order valence-electron chi connectivity index (χ2n) is 7.62. The Morgan fingerprint density at radius 1 is 0.968 bits per heavy atom. The van der Waals surface area contributed by atoms with Crippen LogP contribution in [0.3, 0.4) is 0 Å². The molecule has 9 heteroatoms. The summed E-state index contributed by atoms with van der Waals surface area (Å²) in [4.78, 5) is 13.0. The fourth-order valence-corrected chi connectivity index (χ4v) is 5.11. The zero-order chi connectivity index (χ0) is 22.2. The molecule has 0 radical (unpaired) electrons. The topological polar surface area (TPSA) is 92.4 Å². The summed E-state index contributed by atoms with van der Waals surface area (Å²) in [5.41, 5.74) is 9.07. The standard InChI is InChI=1S/C22H24ClN5O2S/c1-15-6-7-19(12-16(15)2)31(29,30)20-14-25-22(26-21(20)24)28-10-8-27(9-11-28)18-5-3-4-17(23)13-18/h3-7,12-14H,8-11H2,1-2H3,(H2,24,25,26). The summed E-state index contributed by atoms with van der Waals surface area (Å²) >= 11 is 6.10. The van der Waals surface area contributed by atoms with Crippen molar-refractivity contribution in [3.63, 3.8) is 0 Å². The Morgan fingerprint density at radius 2 is 1.68 bits per heavy atom. The van der Waals surface area contributed by atoms with Gasteiger partial charge in [0.25, 0.3) is 0 Å². The van der Waals surface area contributed by atoms with Gasteiger partial charge in [-0.15, -0.1) is 0 Å². The molecule has 3 aromatic rings. The van der Waals surface area contributed by atoms with Crippen LogP contribution in [0.1, 0.15) is 11.1 Å². The number of hydrogen-bond donors (Lipinski definition) is 1. The lowest BCUT2D eigenvalue weighted by molar-refractivity contribution is 0.595. The van der Waals surface area contributed by atoms with Gasteiger partial charge in [-0.25, -0.2) is 13.4 Å². The number of nitrogens with zero attached hydrogens (tertiary/aromatic N) is 4. The van der Waals surface area contributed by atoms with E-state index in [1.807, 2.05) is 43.0 Å². The second-order valence-corrected chi connectivity index (χ2v) is 9.98. The predicted molar refractivity (Wildman–Crippen MR) is 124 cm³/mol. The molecule has 2 aromatic carbocycles. The summed E-state index contributed by atoms with van der Waals surface area (Å²) in [5, 5.41) is 0.705. The minimum atomic E-state index is -3.79. The van der Waals surface area contributed by atoms with Crippen molar-refractivity contribution in [2.75, 3.05) is 41.7 Å². The molecule has 0 saturated carbocycles. The molecule has 0 unspecified atom stereocenters. The van der Waals surface area contributed by atoms with Gasteiger partial charge < -0.3 is 15.5 Å². The molecule has 0 atom stereocenters. The van der Waals surface area contributed by atoms with Crippen LogP contribution in [0.15, 0.2) is 58.5 Å². The number of aryl methyl sites for hydroxylation is 2. The van der Waals surface area contributed by atoms with Crippen molar-refractivity contribution in [3.05, 3.63) is 64.8 Å². The van der Waals surface area contributed by atoms with Gasteiger partial charge in [-0.2, -0.15) is 4.98 Å². The number of sulfone groups is 1. The van der Waals surface area contributed by atoms with Crippen LogP contribution in [0, 0.1) is 13.8 Å². The zero-order valence-corrected chi connectivity index (χ0v) is 19.0. The van der Waals surface area contributed by atoms with E-state index < -0.39 is 9.84 Å². The third kappa shape index (κ3) is 4.31. The first-order valence-electron chi connectivity index (χ1n) is 9.96. The monoisotopic (exact) mass is 457 g/mol.